The van der Waals surface area contributed by atoms with Crippen LogP contribution >= 0.6 is 11.3 Å². The standard InChI is InChI=1S/C21H29N5OS/c1-3-22-21(23-11-10-19-24-13-15(2)28-19)25-14-16-6-4-9-18(12-16)26-20(27)17-7-5-8-17/h4,6,9,12-13,17H,3,5,7-8,10-11,14H2,1-2H3,(H,26,27)(H2,22,23,25). The first kappa shape index (κ1) is 20.3. The van der Waals surface area contributed by atoms with Crippen molar-refractivity contribution in [3.05, 3.63) is 45.9 Å². The molecule has 1 aromatic carbocycles. The summed E-state index contributed by atoms with van der Waals surface area (Å²) in [5, 5.41) is 10.8. The first-order valence-corrected chi connectivity index (χ1v) is 10.8. The van der Waals surface area contributed by atoms with Crippen molar-refractivity contribution in [3.8, 4) is 0 Å². The molecule has 28 heavy (non-hydrogen) atoms. The average Bonchev–Trinajstić information content (AvgIpc) is 3.03. The van der Waals surface area contributed by atoms with Gasteiger partial charge in [-0.1, -0.05) is 18.6 Å². The number of rotatable bonds is 8. The number of amides is 1. The first-order chi connectivity index (χ1) is 13.6. The summed E-state index contributed by atoms with van der Waals surface area (Å²) < 4.78 is 0. The van der Waals surface area contributed by atoms with Crippen LogP contribution in [0.25, 0.3) is 0 Å². The largest absolute Gasteiger partial charge is 0.357 e. The minimum atomic E-state index is 0.138. The van der Waals surface area contributed by atoms with Crippen LogP contribution < -0.4 is 16.0 Å². The monoisotopic (exact) mass is 399 g/mol. The zero-order valence-corrected chi connectivity index (χ0v) is 17.4. The van der Waals surface area contributed by atoms with E-state index in [1.54, 1.807) is 11.3 Å². The molecule has 0 bridgehead atoms. The van der Waals surface area contributed by atoms with Crippen molar-refractivity contribution in [2.24, 2.45) is 10.9 Å². The van der Waals surface area contributed by atoms with Gasteiger partial charge in [0, 0.05) is 42.2 Å². The number of thiazole rings is 1. The molecule has 1 aliphatic carbocycles. The van der Waals surface area contributed by atoms with Crippen molar-refractivity contribution in [2.45, 2.75) is 46.1 Å². The van der Waals surface area contributed by atoms with Crippen LogP contribution in [0.3, 0.4) is 0 Å². The quantitative estimate of drug-likeness (QED) is 0.469. The van der Waals surface area contributed by atoms with Crippen LogP contribution in [0, 0.1) is 12.8 Å². The summed E-state index contributed by atoms with van der Waals surface area (Å²) in [6, 6.07) is 7.93. The van der Waals surface area contributed by atoms with Crippen LogP contribution in [-0.2, 0) is 17.8 Å². The van der Waals surface area contributed by atoms with Crippen molar-refractivity contribution in [3.63, 3.8) is 0 Å². The summed E-state index contributed by atoms with van der Waals surface area (Å²) in [6.07, 6.45) is 5.97. The van der Waals surface area contributed by atoms with Crippen LogP contribution in [0.15, 0.2) is 35.5 Å². The topological polar surface area (TPSA) is 78.4 Å². The molecule has 1 saturated carbocycles. The van der Waals surface area contributed by atoms with E-state index in [0.717, 1.165) is 61.0 Å². The fourth-order valence-electron chi connectivity index (χ4n) is 2.98. The molecule has 6 nitrogen and oxygen atoms in total. The normalized spacial score (nSPS) is 14.4. The lowest BCUT2D eigenvalue weighted by Crippen LogP contribution is -2.38. The van der Waals surface area contributed by atoms with E-state index in [1.807, 2.05) is 30.5 Å². The van der Waals surface area contributed by atoms with Crippen LogP contribution in [0.5, 0.6) is 0 Å². The highest BCUT2D eigenvalue weighted by molar-refractivity contribution is 7.11. The van der Waals surface area contributed by atoms with E-state index in [1.165, 1.54) is 4.88 Å². The Bertz CT molecular complexity index is 813. The number of benzene rings is 1. The zero-order valence-electron chi connectivity index (χ0n) is 16.6. The van der Waals surface area contributed by atoms with Gasteiger partial charge in [0.2, 0.25) is 5.91 Å². The molecular weight excluding hydrogens is 370 g/mol. The lowest BCUT2D eigenvalue weighted by atomic mass is 9.85. The fourth-order valence-corrected chi connectivity index (χ4v) is 3.77. The van der Waals surface area contributed by atoms with Gasteiger partial charge in [-0.25, -0.2) is 9.98 Å². The highest BCUT2D eigenvalue weighted by Crippen LogP contribution is 2.27. The van der Waals surface area contributed by atoms with E-state index >= 15 is 0 Å². The predicted molar refractivity (Wildman–Crippen MR) is 116 cm³/mol. The maximum atomic E-state index is 12.1. The van der Waals surface area contributed by atoms with Gasteiger partial charge in [0.05, 0.1) is 11.6 Å². The molecule has 3 N–H and O–H groups in total. The zero-order chi connectivity index (χ0) is 19.8. The fraction of sp³-hybridized carbons (Fsp3) is 0.476. The Labute approximate surface area is 170 Å². The summed E-state index contributed by atoms with van der Waals surface area (Å²) in [5.74, 6) is 1.12. The number of hydrogen-bond donors (Lipinski definition) is 3. The Morgan fingerprint density at radius 1 is 1.32 bits per heavy atom. The summed E-state index contributed by atoms with van der Waals surface area (Å²) in [4.78, 5) is 22.4. The molecule has 1 amide bonds. The minimum absolute atomic E-state index is 0.138. The van der Waals surface area contributed by atoms with E-state index in [9.17, 15) is 4.79 Å². The van der Waals surface area contributed by atoms with Gasteiger partial charge in [0.25, 0.3) is 0 Å². The second kappa shape index (κ2) is 10.2. The Hall–Kier alpha value is -2.41. The number of aryl methyl sites for hydroxylation is 1. The molecule has 1 aliphatic rings. The lowest BCUT2D eigenvalue weighted by molar-refractivity contribution is -0.122. The molecule has 0 spiro atoms. The van der Waals surface area contributed by atoms with E-state index in [4.69, 9.17) is 0 Å². The molecule has 1 aromatic heterocycles. The molecule has 2 aromatic rings. The summed E-state index contributed by atoms with van der Waals surface area (Å²) in [6.45, 7) is 6.27. The molecule has 0 unspecified atom stereocenters. The lowest BCUT2D eigenvalue weighted by Gasteiger charge is -2.24. The number of carbonyl (C=O) groups is 1. The van der Waals surface area contributed by atoms with Crippen molar-refractivity contribution in [2.75, 3.05) is 18.4 Å². The Morgan fingerprint density at radius 2 is 2.18 bits per heavy atom. The van der Waals surface area contributed by atoms with Gasteiger partial charge in [-0.2, -0.15) is 0 Å². The van der Waals surface area contributed by atoms with Crippen LogP contribution in [0.2, 0.25) is 0 Å². The third-order valence-corrected chi connectivity index (χ3v) is 5.71. The molecular formula is C21H29N5OS. The van der Waals surface area contributed by atoms with Gasteiger partial charge in [-0.05, 0) is 44.4 Å². The van der Waals surface area contributed by atoms with Gasteiger partial charge < -0.3 is 16.0 Å². The number of aromatic nitrogens is 1. The summed E-state index contributed by atoms with van der Waals surface area (Å²) >= 11 is 1.73. The van der Waals surface area contributed by atoms with E-state index in [0.29, 0.717) is 6.54 Å². The number of nitrogens with zero attached hydrogens (tertiary/aromatic N) is 2. The SMILES string of the molecule is CCNC(=NCc1cccc(NC(=O)C2CCC2)c1)NCCc1ncc(C)s1. The number of nitrogens with one attached hydrogen (secondary N) is 3. The molecule has 0 radical (unpaired) electrons. The summed E-state index contributed by atoms with van der Waals surface area (Å²) in [7, 11) is 0. The third kappa shape index (κ3) is 6.05. The van der Waals surface area contributed by atoms with E-state index < -0.39 is 0 Å². The predicted octanol–water partition coefficient (Wildman–Crippen LogP) is 3.49. The van der Waals surface area contributed by atoms with Crippen molar-refractivity contribution in [1.82, 2.24) is 15.6 Å². The molecule has 150 valence electrons. The maximum absolute atomic E-state index is 12.1. The van der Waals surface area contributed by atoms with Crippen LogP contribution in [0.1, 0.15) is 41.6 Å². The average molecular weight is 400 g/mol. The molecule has 1 fully saturated rings. The Kier molecular flexibility index (Phi) is 7.42. The van der Waals surface area contributed by atoms with Crippen molar-refractivity contribution < 1.29 is 4.79 Å². The Morgan fingerprint density at radius 3 is 2.86 bits per heavy atom. The van der Waals surface area contributed by atoms with Crippen molar-refractivity contribution in [1.29, 1.82) is 0 Å². The van der Waals surface area contributed by atoms with Gasteiger partial charge in [-0.15, -0.1) is 11.3 Å². The summed E-state index contributed by atoms with van der Waals surface area (Å²) in [5.41, 5.74) is 1.92. The van der Waals surface area contributed by atoms with E-state index in [2.05, 4.69) is 39.8 Å². The number of aliphatic imine (C=N–C) groups is 1. The van der Waals surface area contributed by atoms with Crippen LogP contribution in [-0.4, -0.2) is 29.9 Å². The highest BCUT2D eigenvalue weighted by atomic mass is 32.1. The number of anilines is 1. The number of hydrogen-bond acceptors (Lipinski definition) is 4. The molecule has 0 saturated heterocycles. The second-order valence-electron chi connectivity index (χ2n) is 7.05. The smallest absolute Gasteiger partial charge is 0.227 e. The number of carbonyl (C=O) groups excluding carboxylic acids is 1. The molecule has 7 heteroatoms. The second-order valence-corrected chi connectivity index (χ2v) is 8.37. The molecule has 1 heterocycles. The Balaban J connectivity index is 1.52. The van der Waals surface area contributed by atoms with Gasteiger partial charge in [0.1, 0.15) is 0 Å². The first-order valence-electron chi connectivity index (χ1n) is 9.97. The van der Waals surface area contributed by atoms with Gasteiger partial charge >= 0.3 is 0 Å². The minimum Gasteiger partial charge on any atom is -0.357 e. The van der Waals surface area contributed by atoms with Crippen LogP contribution in [0.4, 0.5) is 5.69 Å². The maximum Gasteiger partial charge on any atom is 0.227 e. The van der Waals surface area contributed by atoms with Gasteiger partial charge in [0.15, 0.2) is 5.96 Å². The number of guanidine groups is 1. The molecule has 0 aliphatic heterocycles. The third-order valence-electron chi connectivity index (χ3n) is 4.73. The van der Waals surface area contributed by atoms with Crippen molar-refractivity contribution >= 4 is 28.9 Å². The van der Waals surface area contributed by atoms with E-state index in [-0.39, 0.29) is 11.8 Å². The highest BCUT2D eigenvalue weighted by Gasteiger charge is 2.25. The van der Waals surface area contributed by atoms with Gasteiger partial charge in [-0.3, -0.25) is 4.79 Å². The molecule has 0 atom stereocenters. The molecule has 3 rings (SSSR count).